The second kappa shape index (κ2) is 13.5. The van der Waals surface area contributed by atoms with Crippen LogP contribution in [0.15, 0.2) is 54.3 Å². The number of carbonyl (C=O) groups is 1. The molecule has 3 aromatic rings. The molecule has 7 nitrogen and oxygen atoms in total. The van der Waals surface area contributed by atoms with Gasteiger partial charge in [0.05, 0.1) is 16.7 Å². The number of anilines is 1. The lowest BCUT2D eigenvalue weighted by atomic mass is 9.97. The summed E-state index contributed by atoms with van der Waals surface area (Å²) in [6.07, 6.45) is 10.4. The third-order valence-corrected chi connectivity index (χ3v) is 6.66. The Labute approximate surface area is 229 Å². The summed E-state index contributed by atoms with van der Waals surface area (Å²) in [4.78, 5) is 17.2. The lowest BCUT2D eigenvalue weighted by Gasteiger charge is -2.18. The van der Waals surface area contributed by atoms with Gasteiger partial charge in [-0.2, -0.15) is 8.78 Å². The van der Waals surface area contributed by atoms with Gasteiger partial charge in [-0.25, -0.2) is 4.39 Å². The second-order valence-corrected chi connectivity index (χ2v) is 10.3. The highest BCUT2D eigenvalue weighted by Gasteiger charge is 2.23. The molecule has 2 aromatic heterocycles. The second-order valence-electron chi connectivity index (χ2n) is 9.27. The molecule has 39 heavy (non-hydrogen) atoms. The van der Waals surface area contributed by atoms with Gasteiger partial charge in [0.15, 0.2) is 0 Å². The van der Waals surface area contributed by atoms with Crippen LogP contribution < -0.4 is 10.1 Å². The van der Waals surface area contributed by atoms with E-state index in [1.807, 2.05) is 25.2 Å². The summed E-state index contributed by atoms with van der Waals surface area (Å²) >= 11 is 1.22. The van der Waals surface area contributed by atoms with Gasteiger partial charge in [-0.3, -0.25) is 15.1 Å². The fourth-order valence-corrected chi connectivity index (χ4v) is 4.66. The minimum Gasteiger partial charge on any atom is -0.434 e. The molecule has 0 saturated heterocycles. The zero-order valence-corrected chi connectivity index (χ0v) is 23.0. The first kappa shape index (κ1) is 30.0. The van der Waals surface area contributed by atoms with Crippen molar-refractivity contribution in [1.82, 2.24) is 15.2 Å². The van der Waals surface area contributed by atoms with E-state index in [-0.39, 0.29) is 27.6 Å². The SMILES string of the molecule is C/C=C(\C=C/CCCCc1nnc(NC(=O)c2cnc(C)cc2-c2c(F)cccc2OC(F)F)s1)C(C)(C)O. The number of nitrogens with one attached hydrogen (secondary N) is 1. The zero-order chi connectivity index (χ0) is 28.6. The Kier molecular flexibility index (Phi) is 10.4. The number of carbonyl (C=O) groups excluding carboxylic acids is 1. The van der Waals surface area contributed by atoms with Crippen molar-refractivity contribution >= 4 is 22.4 Å². The van der Waals surface area contributed by atoms with E-state index < -0.39 is 23.9 Å². The van der Waals surface area contributed by atoms with Crippen LogP contribution in [0.2, 0.25) is 0 Å². The zero-order valence-electron chi connectivity index (χ0n) is 22.2. The molecule has 208 valence electrons. The smallest absolute Gasteiger partial charge is 0.387 e. The summed E-state index contributed by atoms with van der Waals surface area (Å²) < 4.78 is 45.2. The molecule has 0 atom stereocenters. The molecule has 3 rings (SSSR count). The molecule has 2 heterocycles. The van der Waals surface area contributed by atoms with Crippen LogP contribution >= 0.6 is 11.3 Å². The highest BCUT2D eigenvalue weighted by Crippen LogP contribution is 2.36. The van der Waals surface area contributed by atoms with Crippen molar-refractivity contribution in [3.8, 4) is 16.9 Å². The van der Waals surface area contributed by atoms with E-state index in [9.17, 15) is 23.1 Å². The molecule has 0 unspecified atom stereocenters. The number of benzene rings is 1. The number of aliphatic hydroxyl groups is 1. The number of allylic oxidation sites excluding steroid dienone is 2. The van der Waals surface area contributed by atoms with E-state index in [1.54, 1.807) is 20.8 Å². The lowest BCUT2D eigenvalue weighted by molar-refractivity contribution is -0.0495. The number of amides is 1. The number of aryl methyl sites for hydroxylation is 2. The quantitative estimate of drug-likeness (QED) is 0.185. The number of hydrogen-bond acceptors (Lipinski definition) is 7. The van der Waals surface area contributed by atoms with Crippen LogP contribution in [0.25, 0.3) is 11.1 Å². The highest BCUT2D eigenvalue weighted by molar-refractivity contribution is 7.15. The van der Waals surface area contributed by atoms with Gasteiger partial charge < -0.3 is 9.84 Å². The minimum absolute atomic E-state index is 0.0279. The molecular weight excluding hydrogens is 529 g/mol. The third kappa shape index (κ3) is 8.46. The average molecular weight is 561 g/mol. The van der Waals surface area contributed by atoms with Crippen LogP contribution in [0.5, 0.6) is 5.75 Å². The van der Waals surface area contributed by atoms with Crippen molar-refractivity contribution in [2.75, 3.05) is 5.32 Å². The summed E-state index contributed by atoms with van der Waals surface area (Å²) in [5, 5.41) is 21.9. The molecule has 1 amide bonds. The largest absolute Gasteiger partial charge is 0.434 e. The maximum atomic E-state index is 14.8. The molecule has 0 saturated carbocycles. The first-order valence-electron chi connectivity index (χ1n) is 12.4. The summed E-state index contributed by atoms with van der Waals surface area (Å²) in [6.45, 7) is 3.85. The number of halogens is 3. The molecule has 0 radical (unpaired) electrons. The molecule has 11 heteroatoms. The van der Waals surface area contributed by atoms with Crippen LogP contribution in [0.3, 0.4) is 0 Å². The van der Waals surface area contributed by atoms with Gasteiger partial charge in [0.25, 0.3) is 5.91 Å². The number of aromatic nitrogens is 3. The summed E-state index contributed by atoms with van der Waals surface area (Å²) in [6, 6.07) is 5.00. The summed E-state index contributed by atoms with van der Waals surface area (Å²) in [7, 11) is 0. The molecule has 0 fully saturated rings. The van der Waals surface area contributed by atoms with Crippen molar-refractivity contribution in [3.63, 3.8) is 0 Å². The third-order valence-electron chi connectivity index (χ3n) is 5.76. The fraction of sp³-hybridized carbons (Fsp3) is 0.357. The predicted molar refractivity (Wildman–Crippen MR) is 146 cm³/mol. The number of hydrogen-bond donors (Lipinski definition) is 2. The summed E-state index contributed by atoms with van der Waals surface area (Å²) in [5.41, 5.74) is 0.210. The van der Waals surface area contributed by atoms with Crippen LogP contribution in [-0.4, -0.2) is 38.4 Å². The van der Waals surface area contributed by atoms with Crippen molar-refractivity contribution in [2.24, 2.45) is 0 Å². The Bertz CT molecular complexity index is 1350. The van der Waals surface area contributed by atoms with Gasteiger partial charge in [0, 0.05) is 23.9 Å². The lowest BCUT2D eigenvalue weighted by Crippen LogP contribution is -2.20. The minimum atomic E-state index is -3.17. The van der Waals surface area contributed by atoms with Gasteiger partial charge in [-0.05, 0) is 70.7 Å². The average Bonchev–Trinajstić information content (AvgIpc) is 3.29. The number of nitrogens with zero attached hydrogens (tertiary/aromatic N) is 3. The van der Waals surface area contributed by atoms with E-state index in [1.165, 1.54) is 35.7 Å². The summed E-state index contributed by atoms with van der Waals surface area (Å²) in [5.74, 6) is -1.84. The van der Waals surface area contributed by atoms with E-state index in [2.05, 4.69) is 25.2 Å². The predicted octanol–water partition coefficient (Wildman–Crippen LogP) is 6.89. The van der Waals surface area contributed by atoms with E-state index in [0.717, 1.165) is 35.9 Å². The van der Waals surface area contributed by atoms with E-state index >= 15 is 0 Å². The number of rotatable bonds is 12. The van der Waals surface area contributed by atoms with Crippen LogP contribution in [-0.2, 0) is 6.42 Å². The van der Waals surface area contributed by atoms with E-state index in [0.29, 0.717) is 12.1 Å². The van der Waals surface area contributed by atoms with Crippen LogP contribution in [0.4, 0.5) is 18.3 Å². The first-order valence-corrected chi connectivity index (χ1v) is 13.2. The number of pyridine rings is 1. The first-order chi connectivity index (χ1) is 18.5. The van der Waals surface area contributed by atoms with E-state index in [4.69, 9.17) is 0 Å². The normalized spacial score (nSPS) is 12.4. The Hall–Kier alpha value is -3.57. The Morgan fingerprint density at radius 2 is 2.03 bits per heavy atom. The van der Waals surface area contributed by atoms with Crippen molar-refractivity contribution in [2.45, 2.75) is 65.6 Å². The molecule has 0 spiro atoms. The molecule has 0 aliphatic rings. The molecular formula is C28H31F3N4O3S. The maximum absolute atomic E-state index is 14.8. The van der Waals surface area contributed by atoms with Crippen molar-refractivity contribution < 1.29 is 27.8 Å². The monoisotopic (exact) mass is 560 g/mol. The van der Waals surface area contributed by atoms with Crippen molar-refractivity contribution in [1.29, 1.82) is 0 Å². The van der Waals surface area contributed by atoms with Crippen LogP contribution in [0.1, 0.15) is 61.1 Å². The van der Waals surface area contributed by atoms with Gasteiger partial charge in [0.1, 0.15) is 16.6 Å². The molecule has 0 aliphatic heterocycles. The Morgan fingerprint density at radius 3 is 2.72 bits per heavy atom. The molecule has 0 aliphatic carbocycles. The number of alkyl halides is 2. The van der Waals surface area contributed by atoms with Crippen LogP contribution in [0, 0.1) is 12.7 Å². The fourth-order valence-electron chi connectivity index (χ4n) is 3.88. The molecule has 1 aromatic carbocycles. The Morgan fingerprint density at radius 1 is 1.26 bits per heavy atom. The topological polar surface area (TPSA) is 97.2 Å². The van der Waals surface area contributed by atoms with Gasteiger partial charge in [-0.15, -0.1) is 10.2 Å². The maximum Gasteiger partial charge on any atom is 0.387 e. The van der Waals surface area contributed by atoms with Crippen molar-refractivity contribution in [3.05, 3.63) is 76.3 Å². The number of unbranched alkanes of at least 4 members (excludes halogenated alkanes) is 2. The molecule has 0 bridgehead atoms. The number of ether oxygens (including phenoxy) is 1. The highest BCUT2D eigenvalue weighted by atomic mass is 32.1. The molecule has 2 N–H and O–H groups in total. The van der Waals surface area contributed by atoms with Gasteiger partial charge in [-0.1, -0.05) is 35.6 Å². The van der Waals surface area contributed by atoms with Gasteiger partial charge >= 0.3 is 6.61 Å². The Balaban J connectivity index is 1.66. The van der Waals surface area contributed by atoms with Gasteiger partial charge in [0.2, 0.25) is 5.13 Å². The standard InChI is InChI=1S/C28H31F3N4O3S/c1-5-18(28(3,4)37)11-8-6-7-9-14-23-34-35-27(39-23)33-25(36)20-16-32-17(2)15-19(20)24-21(29)12-10-13-22(24)38-26(30)31/h5,8,10-13,15-16,26,37H,6-7,9,14H2,1-4H3,(H,33,35,36)/b11-8-,18-5+.